The lowest BCUT2D eigenvalue weighted by atomic mass is 9.51. The Morgan fingerprint density at radius 2 is 1.67 bits per heavy atom. The molecule has 3 heteroatoms. The van der Waals surface area contributed by atoms with E-state index in [1.807, 2.05) is 6.07 Å². The van der Waals surface area contributed by atoms with Gasteiger partial charge >= 0.3 is 0 Å². The maximum Gasteiger partial charge on any atom is 0.0931 e. The van der Waals surface area contributed by atoms with E-state index in [1.54, 1.807) is 11.3 Å². The molecule has 4 saturated carbocycles. The predicted octanol–water partition coefficient (Wildman–Crippen LogP) is 5.91. The van der Waals surface area contributed by atoms with Crippen LogP contribution in [-0.4, -0.2) is 0 Å². The van der Waals surface area contributed by atoms with Gasteiger partial charge in [-0.2, -0.15) is 0 Å². The Kier molecular flexibility index (Phi) is 3.05. The molecule has 1 atom stereocenters. The first-order valence-electron chi connectivity index (χ1n) is 7.10. The number of halogens is 2. The van der Waals surface area contributed by atoms with Crippen molar-refractivity contribution in [2.24, 2.45) is 29.6 Å². The fourth-order valence-corrected chi connectivity index (χ4v) is 7.50. The van der Waals surface area contributed by atoms with Crippen molar-refractivity contribution in [2.45, 2.75) is 36.9 Å². The fraction of sp³-hybridized carbons (Fsp3) is 0.733. The van der Waals surface area contributed by atoms with Gasteiger partial charge < -0.3 is 0 Å². The zero-order chi connectivity index (χ0) is 12.3. The molecule has 0 aliphatic heterocycles. The summed E-state index contributed by atoms with van der Waals surface area (Å²) in [6, 6.07) is 4.27. The molecule has 4 bridgehead atoms. The lowest BCUT2D eigenvalue weighted by Crippen LogP contribution is -2.46. The third kappa shape index (κ3) is 1.91. The standard InChI is InChI=1S/C15H18BrClS/c16-15(12-1-2-13(17)18-12)14-10-4-8-3-9(6-10)7-11(14)5-8/h1-2,8-11,14-15H,3-7H2. The summed E-state index contributed by atoms with van der Waals surface area (Å²) in [5, 5.41) is 0. The van der Waals surface area contributed by atoms with Crippen molar-refractivity contribution in [3.8, 4) is 0 Å². The molecule has 0 N–H and O–H groups in total. The molecular formula is C15H18BrClS. The summed E-state index contributed by atoms with van der Waals surface area (Å²) in [6.45, 7) is 0. The molecule has 4 fully saturated rings. The first kappa shape index (κ1) is 12.2. The van der Waals surface area contributed by atoms with Crippen molar-refractivity contribution in [1.29, 1.82) is 0 Å². The second kappa shape index (κ2) is 4.49. The summed E-state index contributed by atoms with van der Waals surface area (Å²) >= 11 is 11.9. The Morgan fingerprint density at radius 1 is 1.06 bits per heavy atom. The highest BCUT2D eigenvalue weighted by atomic mass is 79.9. The molecule has 0 radical (unpaired) electrons. The second-order valence-electron chi connectivity index (χ2n) is 6.55. The van der Waals surface area contributed by atoms with Gasteiger partial charge in [-0.3, -0.25) is 0 Å². The Labute approximate surface area is 126 Å². The molecule has 1 heterocycles. The van der Waals surface area contributed by atoms with Gasteiger partial charge in [-0.25, -0.2) is 0 Å². The van der Waals surface area contributed by atoms with Crippen LogP contribution in [0.1, 0.15) is 41.8 Å². The van der Waals surface area contributed by atoms with Gasteiger partial charge in [0, 0.05) is 4.88 Å². The zero-order valence-corrected chi connectivity index (χ0v) is 13.5. The van der Waals surface area contributed by atoms with Gasteiger partial charge in [0.2, 0.25) is 0 Å². The molecule has 0 spiro atoms. The minimum Gasteiger partial charge on any atom is -0.127 e. The van der Waals surface area contributed by atoms with Crippen LogP contribution in [-0.2, 0) is 0 Å². The average Bonchev–Trinajstić information content (AvgIpc) is 2.74. The largest absolute Gasteiger partial charge is 0.127 e. The minimum absolute atomic E-state index is 0.546. The molecule has 0 saturated heterocycles. The van der Waals surface area contributed by atoms with Crippen LogP contribution in [0.5, 0.6) is 0 Å². The molecule has 98 valence electrons. The zero-order valence-electron chi connectivity index (χ0n) is 10.3. The summed E-state index contributed by atoms with van der Waals surface area (Å²) in [4.78, 5) is 1.99. The quantitative estimate of drug-likeness (QED) is 0.584. The molecule has 4 aliphatic rings. The maximum atomic E-state index is 6.09. The minimum atomic E-state index is 0.546. The Balaban J connectivity index is 1.61. The molecule has 1 aromatic rings. The summed E-state index contributed by atoms with van der Waals surface area (Å²) in [5.41, 5.74) is 0. The van der Waals surface area contributed by atoms with Crippen LogP contribution >= 0.6 is 38.9 Å². The van der Waals surface area contributed by atoms with Crippen LogP contribution < -0.4 is 0 Å². The topological polar surface area (TPSA) is 0 Å². The molecule has 4 aliphatic carbocycles. The average molecular weight is 346 g/mol. The van der Waals surface area contributed by atoms with Crippen molar-refractivity contribution in [3.63, 3.8) is 0 Å². The van der Waals surface area contributed by atoms with Gasteiger partial charge in [0.1, 0.15) is 0 Å². The summed E-state index contributed by atoms with van der Waals surface area (Å²) in [5.74, 6) is 4.95. The summed E-state index contributed by atoms with van der Waals surface area (Å²) in [7, 11) is 0. The summed E-state index contributed by atoms with van der Waals surface area (Å²) in [6.07, 6.45) is 7.53. The Morgan fingerprint density at radius 3 is 2.17 bits per heavy atom. The van der Waals surface area contributed by atoms with E-state index in [2.05, 4.69) is 22.0 Å². The Hall–Kier alpha value is 0.470. The highest BCUT2D eigenvalue weighted by Gasteiger charge is 2.50. The molecule has 1 unspecified atom stereocenters. The second-order valence-corrected chi connectivity index (χ2v) is 9.28. The highest BCUT2D eigenvalue weighted by Crippen LogP contribution is 2.61. The number of rotatable bonds is 2. The van der Waals surface area contributed by atoms with Crippen molar-refractivity contribution < 1.29 is 0 Å². The third-order valence-corrected chi connectivity index (χ3v) is 8.22. The number of alkyl halides is 1. The number of hydrogen-bond acceptors (Lipinski definition) is 1. The van der Waals surface area contributed by atoms with Gasteiger partial charge in [0.25, 0.3) is 0 Å². The normalized spacial score (nSPS) is 43.3. The maximum absolute atomic E-state index is 6.09. The van der Waals surface area contributed by atoms with E-state index in [9.17, 15) is 0 Å². The molecule has 0 nitrogen and oxygen atoms in total. The van der Waals surface area contributed by atoms with E-state index in [0.29, 0.717) is 4.83 Å². The third-order valence-electron chi connectivity index (χ3n) is 5.50. The van der Waals surface area contributed by atoms with E-state index >= 15 is 0 Å². The van der Waals surface area contributed by atoms with E-state index < -0.39 is 0 Å². The van der Waals surface area contributed by atoms with E-state index in [4.69, 9.17) is 11.6 Å². The highest BCUT2D eigenvalue weighted by molar-refractivity contribution is 9.09. The number of thiophene rings is 1. The smallest absolute Gasteiger partial charge is 0.0931 e. The van der Waals surface area contributed by atoms with Crippen LogP contribution in [0.3, 0.4) is 0 Å². The molecule has 0 amide bonds. The van der Waals surface area contributed by atoms with Crippen LogP contribution in [0.2, 0.25) is 4.34 Å². The molecule has 18 heavy (non-hydrogen) atoms. The van der Waals surface area contributed by atoms with Crippen molar-refractivity contribution >= 4 is 38.9 Å². The van der Waals surface area contributed by atoms with Crippen molar-refractivity contribution in [1.82, 2.24) is 0 Å². The van der Waals surface area contributed by atoms with Gasteiger partial charge in [-0.05, 0) is 73.8 Å². The van der Waals surface area contributed by atoms with Gasteiger partial charge in [-0.1, -0.05) is 27.5 Å². The lowest BCUT2D eigenvalue weighted by molar-refractivity contribution is -0.0361. The fourth-order valence-electron chi connectivity index (χ4n) is 5.11. The van der Waals surface area contributed by atoms with Gasteiger partial charge in [0.15, 0.2) is 0 Å². The van der Waals surface area contributed by atoms with Crippen LogP contribution in [0.4, 0.5) is 0 Å². The molecule has 1 aromatic heterocycles. The number of hydrogen-bond donors (Lipinski definition) is 0. The SMILES string of the molecule is Clc1ccc(C(Br)C2C3CC4CC(C3)CC2C4)s1. The van der Waals surface area contributed by atoms with Crippen molar-refractivity contribution in [3.05, 3.63) is 21.3 Å². The first-order chi connectivity index (χ1) is 8.70. The van der Waals surface area contributed by atoms with Gasteiger partial charge in [0.05, 0.1) is 9.16 Å². The van der Waals surface area contributed by atoms with E-state index in [0.717, 1.165) is 33.9 Å². The monoisotopic (exact) mass is 344 g/mol. The molecular weight excluding hydrogens is 328 g/mol. The molecule has 0 aromatic carbocycles. The van der Waals surface area contributed by atoms with Crippen LogP contribution in [0.15, 0.2) is 12.1 Å². The van der Waals surface area contributed by atoms with E-state index in [1.165, 1.54) is 37.0 Å². The predicted molar refractivity (Wildman–Crippen MR) is 81.5 cm³/mol. The van der Waals surface area contributed by atoms with Crippen LogP contribution in [0.25, 0.3) is 0 Å². The Bertz CT molecular complexity index is 427. The van der Waals surface area contributed by atoms with E-state index in [-0.39, 0.29) is 0 Å². The van der Waals surface area contributed by atoms with Crippen LogP contribution in [0, 0.1) is 29.6 Å². The first-order valence-corrected chi connectivity index (χ1v) is 9.21. The molecule has 5 rings (SSSR count). The lowest BCUT2D eigenvalue weighted by Gasteiger charge is -2.55. The van der Waals surface area contributed by atoms with Gasteiger partial charge in [-0.15, -0.1) is 11.3 Å². The van der Waals surface area contributed by atoms with Crippen molar-refractivity contribution in [2.75, 3.05) is 0 Å². The summed E-state index contributed by atoms with van der Waals surface area (Å²) < 4.78 is 0.929.